The third kappa shape index (κ3) is 2.85. The van der Waals surface area contributed by atoms with Crippen molar-refractivity contribution in [2.75, 3.05) is 13.2 Å². The van der Waals surface area contributed by atoms with E-state index in [0.29, 0.717) is 47.1 Å². The zero-order valence-electron chi connectivity index (χ0n) is 15.0. The largest absolute Gasteiger partial charge is 0.461 e. The lowest BCUT2D eigenvalue weighted by molar-refractivity contribution is 0.0519. The topological polar surface area (TPSA) is 123 Å². The maximum absolute atomic E-state index is 13.0. The number of hydrogen-bond donors (Lipinski definition) is 2. The number of ether oxygens (including phenoxy) is 1. The normalized spacial score (nSPS) is 13.4. The number of aromatic nitrogens is 3. The van der Waals surface area contributed by atoms with Gasteiger partial charge < -0.3 is 24.9 Å². The van der Waals surface area contributed by atoms with E-state index in [2.05, 4.69) is 9.97 Å². The molecule has 0 saturated heterocycles. The second kappa shape index (κ2) is 6.66. The van der Waals surface area contributed by atoms with Crippen LogP contribution in [0.25, 0.3) is 0 Å². The molecule has 26 heavy (non-hydrogen) atoms. The van der Waals surface area contributed by atoms with E-state index in [1.165, 1.54) is 6.20 Å². The Morgan fingerprint density at radius 3 is 2.69 bits per heavy atom. The summed E-state index contributed by atoms with van der Waals surface area (Å²) < 4.78 is 6.75. The molecule has 3 heterocycles. The fourth-order valence-corrected chi connectivity index (χ4v) is 3.27. The van der Waals surface area contributed by atoms with Gasteiger partial charge in [-0.25, -0.2) is 9.78 Å². The smallest absolute Gasteiger partial charge is 0.355 e. The summed E-state index contributed by atoms with van der Waals surface area (Å²) in [6, 6.07) is 0. The summed E-state index contributed by atoms with van der Waals surface area (Å²) in [7, 11) is 0. The summed E-state index contributed by atoms with van der Waals surface area (Å²) in [5.74, 6) is -0.608. The summed E-state index contributed by atoms with van der Waals surface area (Å²) in [5.41, 5.74) is 7.61. The van der Waals surface area contributed by atoms with Crippen molar-refractivity contribution >= 4 is 17.8 Å². The van der Waals surface area contributed by atoms with E-state index in [9.17, 15) is 14.4 Å². The Bertz CT molecular complexity index is 895. The van der Waals surface area contributed by atoms with E-state index in [1.54, 1.807) is 30.2 Å². The van der Waals surface area contributed by atoms with Gasteiger partial charge in [0.1, 0.15) is 17.2 Å². The molecular formula is C17H21N5O4. The van der Waals surface area contributed by atoms with Crippen LogP contribution in [-0.4, -0.2) is 50.4 Å². The number of carbonyl (C=O) groups excluding carboxylic acids is 3. The van der Waals surface area contributed by atoms with Crippen LogP contribution in [-0.2, 0) is 17.8 Å². The van der Waals surface area contributed by atoms with Gasteiger partial charge in [0.05, 0.1) is 24.9 Å². The van der Waals surface area contributed by atoms with Gasteiger partial charge >= 0.3 is 5.97 Å². The number of nitrogens with two attached hydrogens (primary N) is 1. The Morgan fingerprint density at radius 1 is 1.31 bits per heavy atom. The maximum atomic E-state index is 13.0. The molecule has 0 spiro atoms. The van der Waals surface area contributed by atoms with Crippen LogP contribution in [0.4, 0.5) is 0 Å². The van der Waals surface area contributed by atoms with Gasteiger partial charge in [0, 0.05) is 18.8 Å². The molecule has 1 aliphatic rings. The van der Waals surface area contributed by atoms with Crippen molar-refractivity contribution in [2.24, 2.45) is 5.73 Å². The minimum atomic E-state index is -0.542. The Kier molecular flexibility index (Phi) is 4.54. The fraction of sp³-hybridized carbons (Fsp3) is 0.412. The van der Waals surface area contributed by atoms with Gasteiger partial charge in [0.15, 0.2) is 0 Å². The highest BCUT2D eigenvalue weighted by atomic mass is 16.5. The number of aryl methyl sites for hydroxylation is 1. The molecular weight excluding hydrogens is 338 g/mol. The lowest BCUT2D eigenvalue weighted by Gasteiger charge is -2.28. The average Bonchev–Trinajstić information content (AvgIpc) is 3.15. The highest BCUT2D eigenvalue weighted by molar-refractivity contribution is 6.01. The van der Waals surface area contributed by atoms with Gasteiger partial charge in [-0.1, -0.05) is 0 Å². The lowest BCUT2D eigenvalue weighted by Crippen LogP contribution is -2.39. The molecule has 3 rings (SSSR count). The number of carbonyl (C=O) groups is 3. The Balaban J connectivity index is 1.86. The monoisotopic (exact) mass is 359 g/mol. The minimum Gasteiger partial charge on any atom is -0.461 e. The molecule has 2 aromatic heterocycles. The van der Waals surface area contributed by atoms with Crippen LogP contribution in [0.15, 0.2) is 6.20 Å². The molecule has 138 valence electrons. The molecule has 0 atom stereocenters. The summed E-state index contributed by atoms with van der Waals surface area (Å²) in [6.45, 7) is 6.58. The number of fused-ring (bicyclic) bond motifs is 1. The van der Waals surface area contributed by atoms with Crippen molar-refractivity contribution in [3.63, 3.8) is 0 Å². The lowest BCUT2D eigenvalue weighted by atomic mass is 10.1. The summed E-state index contributed by atoms with van der Waals surface area (Å²) >= 11 is 0. The second-order valence-corrected chi connectivity index (χ2v) is 6.15. The number of rotatable bonds is 4. The highest BCUT2D eigenvalue weighted by Gasteiger charge is 2.30. The van der Waals surface area contributed by atoms with Crippen LogP contribution in [0, 0.1) is 13.8 Å². The van der Waals surface area contributed by atoms with Crippen LogP contribution >= 0.6 is 0 Å². The Labute approximate surface area is 150 Å². The van der Waals surface area contributed by atoms with Crippen molar-refractivity contribution in [2.45, 2.75) is 33.9 Å². The molecule has 9 heteroatoms. The predicted molar refractivity (Wildman–Crippen MR) is 91.7 cm³/mol. The van der Waals surface area contributed by atoms with Gasteiger partial charge in [-0.05, 0) is 26.3 Å². The highest BCUT2D eigenvalue weighted by Crippen LogP contribution is 2.23. The number of amides is 2. The van der Waals surface area contributed by atoms with Crippen molar-refractivity contribution in [3.8, 4) is 0 Å². The number of aromatic amines is 1. The number of hydrogen-bond acceptors (Lipinski definition) is 5. The molecule has 1 aliphatic heterocycles. The Hall–Kier alpha value is -3.10. The van der Waals surface area contributed by atoms with Gasteiger partial charge in [0.2, 0.25) is 0 Å². The zero-order chi connectivity index (χ0) is 19.0. The minimum absolute atomic E-state index is 0.193. The van der Waals surface area contributed by atoms with Crippen LogP contribution in [0.1, 0.15) is 55.3 Å². The number of imidazole rings is 1. The molecule has 0 saturated carbocycles. The molecule has 3 N–H and O–H groups in total. The third-order valence-electron chi connectivity index (χ3n) is 4.53. The van der Waals surface area contributed by atoms with Gasteiger partial charge in [0.25, 0.3) is 11.8 Å². The number of nitrogens with one attached hydrogen (secondary N) is 1. The molecule has 0 bridgehead atoms. The standard InChI is InChI=1S/C17H21N5O4/c1-4-26-17(25)14-9(2)13(10(3)20-14)16(24)21-5-6-22-11(15(18)23)7-19-12(22)8-21/h7,20H,4-6,8H2,1-3H3,(H2,18,23). The molecule has 2 aromatic rings. The van der Waals surface area contributed by atoms with E-state index in [0.717, 1.165) is 0 Å². The van der Waals surface area contributed by atoms with E-state index in [4.69, 9.17) is 10.5 Å². The summed E-state index contributed by atoms with van der Waals surface area (Å²) in [4.78, 5) is 45.2. The summed E-state index contributed by atoms with van der Waals surface area (Å²) in [6.07, 6.45) is 1.43. The van der Waals surface area contributed by atoms with Gasteiger partial charge in [-0.2, -0.15) is 0 Å². The number of H-pyrrole nitrogens is 1. The van der Waals surface area contributed by atoms with E-state index in [-0.39, 0.29) is 19.1 Å². The van der Waals surface area contributed by atoms with E-state index in [1.807, 2.05) is 0 Å². The van der Waals surface area contributed by atoms with E-state index < -0.39 is 11.9 Å². The molecule has 0 aromatic carbocycles. The number of esters is 1. The summed E-state index contributed by atoms with van der Waals surface area (Å²) in [5, 5.41) is 0. The zero-order valence-corrected chi connectivity index (χ0v) is 15.0. The second-order valence-electron chi connectivity index (χ2n) is 6.15. The first-order chi connectivity index (χ1) is 12.3. The molecule has 0 fully saturated rings. The quantitative estimate of drug-likeness (QED) is 0.780. The predicted octanol–water partition coefficient (Wildman–Crippen LogP) is 0.760. The van der Waals surface area contributed by atoms with Gasteiger partial charge in [-0.15, -0.1) is 0 Å². The Morgan fingerprint density at radius 2 is 2.04 bits per heavy atom. The van der Waals surface area contributed by atoms with Crippen LogP contribution in [0.2, 0.25) is 0 Å². The molecule has 9 nitrogen and oxygen atoms in total. The molecule has 2 amide bonds. The van der Waals surface area contributed by atoms with Crippen molar-refractivity contribution < 1.29 is 19.1 Å². The van der Waals surface area contributed by atoms with E-state index >= 15 is 0 Å². The van der Waals surface area contributed by atoms with Crippen LogP contribution < -0.4 is 5.73 Å². The van der Waals surface area contributed by atoms with Crippen LogP contribution in [0.3, 0.4) is 0 Å². The molecule has 0 radical (unpaired) electrons. The number of nitrogens with zero attached hydrogens (tertiary/aromatic N) is 3. The van der Waals surface area contributed by atoms with Gasteiger partial charge in [-0.3, -0.25) is 9.59 Å². The van der Waals surface area contributed by atoms with Crippen molar-refractivity contribution in [1.82, 2.24) is 19.4 Å². The first-order valence-corrected chi connectivity index (χ1v) is 8.34. The van der Waals surface area contributed by atoms with Crippen molar-refractivity contribution in [3.05, 3.63) is 40.2 Å². The third-order valence-corrected chi connectivity index (χ3v) is 4.53. The SMILES string of the molecule is CCOC(=O)c1[nH]c(C)c(C(=O)N2CCn3c(C(N)=O)cnc3C2)c1C. The maximum Gasteiger partial charge on any atom is 0.355 e. The first-order valence-electron chi connectivity index (χ1n) is 8.34. The molecule has 0 aliphatic carbocycles. The molecule has 0 unspecified atom stereocenters. The number of primary amides is 1. The van der Waals surface area contributed by atoms with Crippen molar-refractivity contribution in [1.29, 1.82) is 0 Å². The average molecular weight is 359 g/mol. The fourth-order valence-electron chi connectivity index (χ4n) is 3.27. The first kappa shape index (κ1) is 17.7. The van der Waals surface area contributed by atoms with Crippen LogP contribution in [0.5, 0.6) is 0 Å².